The molecule has 17 heavy (non-hydrogen) atoms. The summed E-state index contributed by atoms with van der Waals surface area (Å²) in [5.41, 5.74) is 7.19. The summed E-state index contributed by atoms with van der Waals surface area (Å²) in [6.07, 6.45) is 0.999. The molecule has 0 aliphatic carbocycles. The second kappa shape index (κ2) is 5.43. The maximum absolute atomic E-state index is 4.40. The van der Waals surface area contributed by atoms with Crippen LogP contribution in [-0.4, -0.2) is 12.0 Å². The minimum atomic E-state index is 0.307. The van der Waals surface area contributed by atoms with E-state index in [0.717, 1.165) is 12.1 Å². The fourth-order valence-corrected chi connectivity index (χ4v) is 2.73. The standard InChI is InChI=1S/C14H18N2S/c1-10-5-4-6-11(2)12(10)7-13(15-3)14-8-17-9-16-14/h4-6,8-9,13,15H,7H2,1-3H3. The Hall–Kier alpha value is -1.19. The van der Waals surface area contributed by atoms with Crippen molar-refractivity contribution in [2.75, 3.05) is 7.05 Å². The summed E-state index contributed by atoms with van der Waals surface area (Å²) in [7, 11) is 2.00. The van der Waals surface area contributed by atoms with Crippen molar-refractivity contribution in [3.8, 4) is 0 Å². The molecule has 2 nitrogen and oxygen atoms in total. The van der Waals surface area contributed by atoms with E-state index in [0.29, 0.717) is 6.04 Å². The molecule has 1 unspecified atom stereocenters. The Balaban J connectivity index is 2.25. The van der Waals surface area contributed by atoms with Crippen molar-refractivity contribution in [2.24, 2.45) is 0 Å². The molecule has 1 atom stereocenters. The molecule has 90 valence electrons. The summed E-state index contributed by atoms with van der Waals surface area (Å²) in [5, 5.41) is 5.47. The maximum Gasteiger partial charge on any atom is 0.0795 e. The molecule has 0 aliphatic heterocycles. The lowest BCUT2D eigenvalue weighted by Gasteiger charge is -2.17. The number of thiazole rings is 1. The van der Waals surface area contributed by atoms with Crippen molar-refractivity contribution in [1.29, 1.82) is 0 Å². The van der Waals surface area contributed by atoms with Gasteiger partial charge in [0.05, 0.1) is 17.2 Å². The van der Waals surface area contributed by atoms with Gasteiger partial charge in [-0.15, -0.1) is 11.3 Å². The van der Waals surface area contributed by atoms with Gasteiger partial charge >= 0.3 is 0 Å². The van der Waals surface area contributed by atoms with Crippen LogP contribution in [0.5, 0.6) is 0 Å². The summed E-state index contributed by atoms with van der Waals surface area (Å²) in [6, 6.07) is 6.78. The fraction of sp³-hybridized carbons (Fsp3) is 0.357. The van der Waals surface area contributed by atoms with Crippen LogP contribution in [0, 0.1) is 13.8 Å². The average Bonchev–Trinajstić information content (AvgIpc) is 2.82. The van der Waals surface area contributed by atoms with Crippen LogP contribution in [0.1, 0.15) is 28.4 Å². The predicted molar refractivity (Wildman–Crippen MR) is 73.5 cm³/mol. The smallest absolute Gasteiger partial charge is 0.0795 e. The van der Waals surface area contributed by atoms with Crippen LogP contribution in [0.3, 0.4) is 0 Å². The van der Waals surface area contributed by atoms with Gasteiger partial charge in [0.15, 0.2) is 0 Å². The average molecular weight is 246 g/mol. The minimum absolute atomic E-state index is 0.307. The zero-order valence-corrected chi connectivity index (χ0v) is 11.3. The highest BCUT2D eigenvalue weighted by Crippen LogP contribution is 2.22. The molecule has 0 bridgehead atoms. The molecule has 1 N–H and O–H groups in total. The molecule has 0 saturated heterocycles. The third-order valence-electron chi connectivity index (χ3n) is 3.21. The lowest BCUT2D eigenvalue weighted by Crippen LogP contribution is -2.20. The van der Waals surface area contributed by atoms with E-state index in [2.05, 4.69) is 47.7 Å². The zero-order chi connectivity index (χ0) is 12.3. The number of rotatable bonds is 4. The summed E-state index contributed by atoms with van der Waals surface area (Å²) >= 11 is 1.65. The molecule has 0 radical (unpaired) electrons. The molecule has 0 saturated carbocycles. The van der Waals surface area contributed by atoms with Crippen LogP contribution in [-0.2, 0) is 6.42 Å². The van der Waals surface area contributed by atoms with Crippen LogP contribution in [0.2, 0.25) is 0 Å². The van der Waals surface area contributed by atoms with Crippen molar-refractivity contribution in [2.45, 2.75) is 26.3 Å². The number of hydrogen-bond donors (Lipinski definition) is 1. The molecule has 2 rings (SSSR count). The van der Waals surface area contributed by atoms with Gasteiger partial charge in [-0.2, -0.15) is 0 Å². The van der Waals surface area contributed by atoms with Gasteiger partial charge in [-0.3, -0.25) is 0 Å². The lowest BCUT2D eigenvalue weighted by molar-refractivity contribution is 0.576. The third-order valence-corrected chi connectivity index (χ3v) is 3.81. The monoisotopic (exact) mass is 246 g/mol. The molecule has 3 heteroatoms. The van der Waals surface area contributed by atoms with Gasteiger partial charge in [0.1, 0.15) is 0 Å². The third kappa shape index (κ3) is 2.73. The maximum atomic E-state index is 4.40. The largest absolute Gasteiger partial charge is 0.311 e. The van der Waals surface area contributed by atoms with Gasteiger partial charge in [-0.05, 0) is 44.0 Å². The van der Waals surface area contributed by atoms with E-state index in [1.54, 1.807) is 11.3 Å². The Kier molecular flexibility index (Phi) is 3.92. The molecule has 1 aromatic carbocycles. The number of benzene rings is 1. The molecular weight excluding hydrogens is 228 g/mol. The molecule has 1 aromatic heterocycles. The SMILES string of the molecule is CNC(Cc1c(C)cccc1C)c1cscn1. The van der Waals surface area contributed by atoms with Crippen LogP contribution >= 0.6 is 11.3 Å². The summed E-state index contributed by atoms with van der Waals surface area (Å²) in [4.78, 5) is 4.40. The van der Waals surface area contributed by atoms with Crippen LogP contribution in [0.4, 0.5) is 0 Å². The Morgan fingerprint density at radius 3 is 2.53 bits per heavy atom. The quantitative estimate of drug-likeness (QED) is 0.895. The van der Waals surface area contributed by atoms with Crippen molar-refractivity contribution in [3.63, 3.8) is 0 Å². The number of nitrogens with one attached hydrogen (secondary N) is 1. The number of nitrogens with zero attached hydrogens (tertiary/aromatic N) is 1. The van der Waals surface area contributed by atoms with Gasteiger partial charge in [0.2, 0.25) is 0 Å². The molecule has 0 spiro atoms. The number of likely N-dealkylation sites (N-methyl/N-ethyl adjacent to an activating group) is 1. The highest BCUT2D eigenvalue weighted by molar-refractivity contribution is 7.07. The Labute approximate surface area is 107 Å². The van der Waals surface area contributed by atoms with Crippen LogP contribution in [0.25, 0.3) is 0 Å². The Bertz CT molecular complexity index is 457. The first-order chi connectivity index (χ1) is 8.22. The van der Waals surface area contributed by atoms with Gasteiger partial charge in [-0.25, -0.2) is 4.98 Å². The van der Waals surface area contributed by atoms with E-state index < -0.39 is 0 Å². The highest BCUT2D eigenvalue weighted by Gasteiger charge is 2.14. The highest BCUT2D eigenvalue weighted by atomic mass is 32.1. The summed E-state index contributed by atoms with van der Waals surface area (Å²) in [5.74, 6) is 0. The van der Waals surface area contributed by atoms with Gasteiger partial charge in [0.25, 0.3) is 0 Å². The molecular formula is C14H18N2S. The molecule has 0 amide bonds. The van der Waals surface area contributed by atoms with E-state index in [9.17, 15) is 0 Å². The van der Waals surface area contributed by atoms with E-state index >= 15 is 0 Å². The fourth-order valence-electron chi connectivity index (χ4n) is 2.12. The van der Waals surface area contributed by atoms with Crippen molar-refractivity contribution >= 4 is 11.3 Å². The van der Waals surface area contributed by atoms with E-state index in [-0.39, 0.29) is 0 Å². The summed E-state index contributed by atoms with van der Waals surface area (Å²) < 4.78 is 0. The lowest BCUT2D eigenvalue weighted by atomic mass is 9.95. The Morgan fingerprint density at radius 2 is 2.00 bits per heavy atom. The van der Waals surface area contributed by atoms with E-state index in [4.69, 9.17) is 0 Å². The molecule has 2 aromatic rings. The Morgan fingerprint density at radius 1 is 1.29 bits per heavy atom. The second-order valence-corrected chi connectivity index (χ2v) is 5.05. The van der Waals surface area contributed by atoms with E-state index in [1.807, 2.05) is 12.6 Å². The van der Waals surface area contributed by atoms with E-state index in [1.165, 1.54) is 16.7 Å². The normalized spacial score (nSPS) is 12.6. The molecule has 0 fully saturated rings. The van der Waals surface area contributed by atoms with Gasteiger partial charge in [-0.1, -0.05) is 18.2 Å². The number of aryl methyl sites for hydroxylation is 2. The summed E-state index contributed by atoms with van der Waals surface area (Å²) in [6.45, 7) is 4.35. The van der Waals surface area contributed by atoms with Crippen LogP contribution < -0.4 is 5.32 Å². The van der Waals surface area contributed by atoms with Gasteiger partial charge < -0.3 is 5.32 Å². The van der Waals surface area contributed by atoms with Crippen molar-refractivity contribution < 1.29 is 0 Å². The first kappa shape index (κ1) is 12.3. The second-order valence-electron chi connectivity index (χ2n) is 4.33. The minimum Gasteiger partial charge on any atom is -0.311 e. The first-order valence-corrected chi connectivity index (χ1v) is 6.77. The molecule has 1 heterocycles. The number of hydrogen-bond acceptors (Lipinski definition) is 3. The first-order valence-electron chi connectivity index (χ1n) is 5.83. The van der Waals surface area contributed by atoms with Gasteiger partial charge in [0, 0.05) is 5.38 Å². The van der Waals surface area contributed by atoms with Crippen molar-refractivity contribution in [1.82, 2.24) is 10.3 Å². The molecule has 0 aliphatic rings. The van der Waals surface area contributed by atoms with Crippen molar-refractivity contribution in [3.05, 3.63) is 51.5 Å². The number of aromatic nitrogens is 1. The van der Waals surface area contributed by atoms with Crippen LogP contribution in [0.15, 0.2) is 29.1 Å². The zero-order valence-electron chi connectivity index (χ0n) is 10.5. The topological polar surface area (TPSA) is 24.9 Å². The predicted octanol–water partition coefficient (Wildman–Crippen LogP) is 3.26.